The molecule has 0 unspecified atom stereocenters. The fraction of sp³-hybridized carbons (Fsp3) is 0.0769. The molecule has 190 valence electrons. The molecule has 0 amide bonds. The Kier molecular flexibility index (Phi) is 4.93. The van der Waals surface area contributed by atoms with Crippen molar-refractivity contribution in [3.8, 4) is 39.1 Å². The lowest BCUT2D eigenvalue weighted by molar-refractivity contribution is 0.660. The molecular weight excluding hydrogens is 482 g/mol. The molecular formula is C39H29N. The average molecular weight is 512 g/mol. The quantitative estimate of drug-likeness (QED) is 0.222. The van der Waals surface area contributed by atoms with Gasteiger partial charge in [-0.05, 0) is 80.9 Å². The maximum absolute atomic E-state index is 2.40. The summed E-state index contributed by atoms with van der Waals surface area (Å²) in [6.45, 7) is 4.69. The molecule has 0 saturated carbocycles. The Labute approximate surface area is 235 Å². The standard InChI is InChI=1S/C39H29N/c1-39(2)35-14-8-6-12-31(35)32-22-20-29(25-36(32)39)27-18-16-26(17-19-27)28-21-23-38-34(24-28)33-13-7-9-15-37(33)40(38)30-10-4-3-5-11-30/h3-25H,1-2H3. The van der Waals surface area contributed by atoms with E-state index in [9.17, 15) is 0 Å². The predicted molar refractivity (Wildman–Crippen MR) is 169 cm³/mol. The topological polar surface area (TPSA) is 4.93 Å². The minimum Gasteiger partial charge on any atom is -0.309 e. The van der Waals surface area contributed by atoms with Crippen molar-refractivity contribution in [2.24, 2.45) is 0 Å². The highest BCUT2D eigenvalue weighted by atomic mass is 15.0. The van der Waals surface area contributed by atoms with Crippen molar-refractivity contribution in [2.75, 3.05) is 0 Å². The second-order valence-corrected chi connectivity index (χ2v) is 11.4. The number of hydrogen-bond acceptors (Lipinski definition) is 0. The second kappa shape index (κ2) is 8.56. The zero-order valence-corrected chi connectivity index (χ0v) is 22.7. The highest BCUT2D eigenvalue weighted by Crippen LogP contribution is 2.49. The third kappa shape index (κ3) is 3.34. The molecule has 40 heavy (non-hydrogen) atoms. The molecule has 1 aliphatic carbocycles. The van der Waals surface area contributed by atoms with Gasteiger partial charge in [0.1, 0.15) is 0 Å². The first kappa shape index (κ1) is 23.0. The van der Waals surface area contributed by atoms with E-state index in [2.05, 4.69) is 158 Å². The van der Waals surface area contributed by atoms with Crippen LogP contribution in [0.5, 0.6) is 0 Å². The second-order valence-electron chi connectivity index (χ2n) is 11.4. The van der Waals surface area contributed by atoms with Crippen molar-refractivity contribution >= 4 is 21.8 Å². The van der Waals surface area contributed by atoms with Crippen LogP contribution in [0.25, 0.3) is 60.9 Å². The first-order valence-corrected chi connectivity index (χ1v) is 14.0. The molecule has 1 nitrogen and oxygen atoms in total. The molecule has 6 aromatic carbocycles. The maximum Gasteiger partial charge on any atom is 0.0541 e. The predicted octanol–water partition coefficient (Wildman–Crippen LogP) is 10.4. The van der Waals surface area contributed by atoms with Gasteiger partial charge in [0.05, 0.1) is 11.0 Å². The molecule has 0 aliphatic heterocycles. The number of nitrogens with zero attached hydrogens (tertiary/aromatic N) is 1. The third-order valence-corrected chi connectivity index (χ3v) is 8.82. The van der Waals surface area contributed by atoms with E-state index in [-0.39, 0.29) is 5.41 Å². The van der Waals surface area contributed by atoms with Crippen LogP contribution in [-0.2, 0) is 5.41 Å². The fourth-order valence-electron chi connectivity index (χ4n) is 6.75. The van der Waals surface area contributed by atoms with Crippen molar-refractivity contribution in [3.63, 3.8) is 0 Å². The Balaban J connectivity index is 1.19. The molecule has 1 heteroatoms. The molecule has 0 radical (unpaired) electrons. The Hall–Kier alpha value is -4.88. The largest absolute Gasteiger partial charge is 0.309 e. The lowest BCUT2D eigenvalue weighted by Gasteiger charge is -2.22. The van der Waals surface area contributed by atoms with Crippen molar-refractivity contribution in [2.45, 2.75) is 19.3 Å². The van der Waals surface area contributed by atoms with Crippen LogP contribution in [0.3, 0.4) is 0 Å². The van der Waals surface area contributed by atoms with Gasteiger partial charge in [0.2, 0.25) is 0 Å². The SMILES string of the molecule is CC1(C)c2ccccc2-c2ccc(-c3ccc(-c4ccc5c(c4)c4ccccc4n5-c4ccccc4)cc3)cc21. The van der Waals surface area contributed by atoms with Crippen LogP contribution in [0.1, 0.15) is 25.0 Å². The van der Waals surface area contributed by atoms with Crippen molar-refractivity contribution < 1.29 is 0 Å². The number of fused-ring (bicyclic) bond motifs is 6. The molecule has 0 atom stereocenters. The number of rotatable bonds is 3. The van der Waals surface area contributed by atoms with Gasteiger partial charge < -0.3 is 4.57 Å². The Morgan fingerprint density at radius 2 is 1.00 bits per heavy atom. The molecule has 1 aliphatic rings. The Morgan fingerprint density at radius 1 is 0.425 bits per heavy atom. The van der Waals surface area contributed by atoms with Gasteiger partial charge in [-0.2, -0.15) is 0 Å². The van der Waals surface area contributed by atoms with Crippen LogP contribution in [0, 0.1) is 0 Å². The van der Waals surface area contributed by atoms with Gasteiger partial charge in [-0.3, -0.25) is 0 Å². The first-order chi connectivity index (χ1) is 19.6. The van der Waals surface area contributed by atoms with E-state index in [4.69, 9.17) is 0 Å². The summed E-state index contributed by atoms with van der Waals surface area (Å²) in [5, 5.41) is 2.56. The van der Waals surface area contributed by atoms with Gasteiger partial charge in [-0.25, -0.2) is 0 Å². The van der Waals surface area contributed by atoms with E-state index in [1.165, 1.54) is 72.0 Å². The molecule has 7 aromatic rings. The van der Waals surface area contributed by atoms with E-state index >= 15 is 0 Å². The summed E-state index contributed by atoms with van der Waals surface area (Å²) in [4.78, 5) is 0. The summed E-state index contributed by atoms with van der Waals surface area (Å²) in [5.41, 5.74) is 14.2. The van der Waals surface area contributed by atoms with Gasteiger partial charge in [-0.15, -0.1) is 0 Å². The zero-order valence-electron chi connectivity index (χ0n) is 22.7. The molecule has 0 spiro atoms. The van der Waals surface area contributed by atoms with Crippen LogP contribution in [-0.4, -0.2) is 4.57 Å². The molecule has 0 bridgehead atoms. The van der Waals surface area contributed by atoms with E-state index in [0.717, 1.165) is 0 Å². The zero-order chi connectivity index (χ0) is 26.8. The number of para-hydroxylation sites is 2. The summed E-state index contributed by atoms with van der Waals surface area (Å²) in [7, 11) is 0. The molecule has 8 rings (SSSR count). The van der Waals surface area contributed by atoms with Crippen molar-refractivity contribution in [3.05, 3.63) is 151 Å². The lowest BCUT2D eigenvalue weighted by atomic mass is 9.81. The fourth-order valence-corrected chi connectivity index (χ4v) is 6.75. The highest BCUT2D eigenvalue weighted by molar-refractivity contribution is 6.10. The monoisotopic (exact) mass is 511 g/mol. The number of benzene rings is 6. The van der Waals surface area contributed by atoms with Gasteiger partial charge in [0, 0.05) is 21.9 Å². The van der Waals surface area contributed by atoms with Crippen molar-refractivity contribution in [1.82, 2.24) is 4.57 Å². The third-order valence-electron chi connectivity index (χ3n) is 8.82. The van der Waals surface area contributed by atoms with Crippen LogP contribution < -0.4 is 0 Å². The van der Waals surface area contributed by atoms with E-state index in [1.54, 1.807) is 0 Å². The van der Waals surface area contributed by atoms with Crippen LogP contribution in [0.15, 0.2) is 140 Å². The number of aromatic nitrogens is 1. The lowest BCUT2D eigenvalue weighted by Crippen LogP contribution is -2.14. The van der Waals surface area contributed by atoms with Crippen molar-refractivity contribution in [1.29, 1.82) is 0 Å². The smallest absolute Gasteiger partial charge is 0.0541 e. The Morgan fingerprint density at radius 3 is 1.80 bits per heavy atom. The normalized spacial score (nSPS) is 13.4. The molecule has 1 aromatic heterocycles. The van der Waals surface area contributed by atoms with E-state index in [0.29, 0.717) is 0 Å². The Bertz CT molecular complexity index is 2060. The molecule has 0 saturated heterocycles. The van der Waals surface area contributed by atoms with Gasteiger partial charge >= 0.3 is 0 Å². The van der Waals surface area contributed by atoms with Gasteiger partial charge in [0.15, 0.2) is 0 Å². The maximum atomic E-state index is 2.40. The summed E-state index contributed by atoms with van der Waals surface area (Å²) in [6, 6.07) is 51.1. The summed E-state index contributed by atoms with van der Waals surface area (Å²) >= 11 is 0. The first-order valence-electron chi connectivity index (χ1n) is 14.0. The summed E-state index contributed by atoms with van der Waals surface area (Å²) in [6.07, 6.45) is 0. The van der Waals surface area contributed by atoms with Gasteiger partial charge in [-0.1, -0.05) is 117 Å². The van der Waals surface area contributed by atoms with Crippen LogP contribution >= 0.6 is 0 Å². The van der Waals surface area contributed by atoms with Crippen LogP contribution in [0.4, 0.5) is 0 Å². The molecule has 0 fully saturated rings. The van der Waals surface area contributed by atoms with Gasteiger partial charge in [0.25, 0.3) is 0 Å². The minimum absolute atomic E-state index is 0.0101. The van der Waals surface area contributed by atoms with Crippen LogP contribution in [0.2, 0.25) is 0 Å². The summed E-state index contributed by atoms with van der Waals surface area (Å²) < 4.78 is 2.37. The molecule has 0 N–H and O–H groups in total. The number of hydrogen-bond donors (Lipinski definition) is 0. The highest BCUT2D eigenvalue weighted by Gasteiger charge is 2.35. The average Bonchev–Trinajstić information content (AvgIpc) is 3.46. The summed E-state index contributed by atoms with van der Waals surface area (Å²) in [5.74, 6) is 0. The van der Waals surface area contributed by atoms with E-state index < -0.39 is 0 Å². The van der Waals surface area contributed by atoms with E-state index in [1.807, 2.05) is 0 Å². The molecule has 1 heterocycles. The minimum atomic E-state index is 0.0101.